The van der Waals surface area contributed by atoms with Gasteiger partial charge in [-0.05, 0) is 23.6 Å². The highest BCUT2D eigenvalue weighted by atomic mass is 16.5. The van der Waals surface area contributed by atoms with E-state index in [4.69, 9.17) is 4.74 Å². The Morgan fingerprint density at radius 2 is 1.81 bits per heavy atom. The maximum absolute atomic E-state index is 5.37. The molecule has 1 nitrogen and oxygen atoms in total. The van der Waals surface area contributed by atoms with Crippen LogP contribution in [0.15, 0.2) is 48.5 Å². The topological polar surface area (TPSA) is 9.23 Å². The molecule has 2 aromatic rings. The molecule has 0 saturated carbocycles. The van der Waals surface area contributed by atoms with E-state index in [0.29, 0.717) is 0 Å². The quantitative estimate of drug-likeness (QED) is 0.749. The van der Waals surface area contributed by atoms with Crippen molar-refractivity contribution in [1.29, 1.82) is 0 Å². The summed E-state index contributed by atoms with van der Waals surface area (Å²) in [6, 6.07) is 16.7. The molecule has 0 bridgehead atoms. The van der Waals surface area contributed by atoms with Gasteiger partial charge in [0.25, 0.3) is 0 Å². The van der Waals surface area contributed by atoms with Gasteiger partial charge in [-0.2, -0.15) is 0 Å². The van der Waals surface area contributed by atoms with E-state index in [1.807, 2.05) is 18.2 Å². The lowest BCUT2D eigenvalue weighted by molar-refractivity contribution is 0.416. The van der Waals surface area contributed by atoms with Gasteiger partial charge < -0.3 is 4.74 Å². The van der Waals surface area contributed by atoms with Crippen molar-refractivity contribution in [3.8, 4) is 16.9 Å². The predicted molar refractivity (Wildman–Crippen MR) is 67.8 cm³/mol. The van der Waals surface area contributed by atoms with E-state index in [0.717, 1.165) is 17.7 Å². The van der Waals surface area contributed by atoms with Gasteiger partial charge in [0, 0.05) is 5.56 Å². The number of aryl methyl sites for hydroxylation is 1. The van der Waals surface area contributed by atoms with Gasteiger partial charge in [0.1, 0.15) is 5.75 Å². The van der Waals surface area contributed by atoms with E-state index in [1.165, 1.54) is 11.1 Å². The summed E-state index contributed by atoms with van der Waals surface area (Å²) in [5, 5.41) is 0. The Kier molecular flexibility index (Phi) is 3.25. The molecule has 1 heteroatoms. The zero-order chi connectivity index (χ0) is 11.4. The molecule has 0 fully saturated rings. The van der Waals surface area contributed by atoms with Gasteiger partial charge in [-0.3, -0.25) is 0 Å². The lowest BCUT2D eigenvalue weighted by atomic mass is 10.0. The van der Waals surface area contributed by atoms with Crippen LogP contribution in [0, 0.1) is 0 Å². The average molecular weight is 212 g/mol. The van der Waals surface area contributed by atoms with Gasteiger partial charge in [0.05, 0.1) is 7.11 Å². The molecule has 0 N–H and O–H groups in total. The Balaban J connectivity index is 2.49. The molecule has 0 spiro atoms. The summed E-state index contributed by atoms with van der Waals surface area (Å²) in [7, 11) is 1.71. The van der Waals surface area contributed by atoms with Crippen LogP contribution >= 0.6 is 0 Å². The minimum Gasteiger partial charge on any atom is -0.496 e. The fourth-order valence-electron chi connectivity index (χ4n) is 1.84. The first kappa shape index (κ1) is 10.7. The second-order valence-electron chi connectivity index (χ2n) is 3.75. The second kappa shape index (κ2) is 4.84. The lowest BCUT2D eigenvalue weighted by Crippen LogP contribution is -1.88. The third-order valence-electron chi connectivity index (χ3n) is 2.75. The molecule has 0 heterocycles. The van der Waals surface area contributed by atoms with Crippen molar-refractivity contribution in [3.63, 3.8) is 0 Å². The third-order valence-corrected chi connectivity index (χ3v) is 2.75. The maximum Gasteiger partial charge on any atom is 0.126 e. The lowest BCUT2D eigenvalue weighted by Gasteiger charge is -2.09. The summed E-state index contributed by atoms with van der Waals surface area (Å²) < 4.78 is 5.37. The normalized spacial score (nSPS) is 10.1. The summed E-state index contributed by atoms with van der Waals surface area (Å²) >= 11 is 0. The highest BCUT2D eigenvalue weighted by Crippen LogP contribution is 2.29. The van der Waals surface area contributed by atoms with E-state index in [1.54, 1.807) is 7.11 Å². The number of para-hydroxylation sites is 1. The smallest absolute Gasteiger partial charge is 0.126 e. The van der Waals surface area contributed by atoms with Gasteiger partial charge in [-0.1, -0.05) is 49.4 Å². The fourth-order valence-corrected chi connectivity index (χ4v) is 1.84. The summed E-state index contributed by atoms with van der Waals surface area (Å²) in [6.45, 7) is 2.17. The van der Waals surface area contributed by atoms with Crippen LogP contribution in [-0.2, 0) is 6.42 Å². The molecule has 0 atom stereocenters. The molecule has 0 radical (unpaired) electrons. The van der Waals surface area contributed by atoms with Crippen LogP contribution in [0.1, 0.15) is 12.5 Å². The Hall–Kier alpha value is -1.76. The second-order valence-corrected chi connectivity index (χ2v) is 3.75. The highest BCUT2D eigenvalue weighted by Gasteiger charge is 2.04. The van der Waals surface area contributed by atoms with Crippen LogP contribution in [0.25, 0.3) is 11.1 Å². The zero-order valence-electron chi connectivity index (χ0n) is 9.73. The molecule has 82 valence electrons. The molecule has 0 amide bonds. The molecule has 0 unspecified atom stereocenters. The minimum absolute atomic E-state index is 0.927. The highest BCUT2D eigenvalue weighted by molar-refractivity contribution is 5.70. The molecule has 2 rings (SSSR count). The van der Waals surface area contributed by atoms with E-state index >= 15 is 0 Å². The third kappa shape index (κ3) is 2.08. The fraction of sp³-hybridized carbons (Fsp3) is 0.200. The Labute approximate surface area is 96.7 Å². The number of methoxy groups -OCH3 is 1. The van der Waals surface area contributed by atoms with Crippen LogP contribution in [0.3, 0.4) is 0 Å². The molecule has 0 aliphatic rings. The molecule has 0 aromatic heterocycles. The predicted octanol–water partition coefficient (Wildman–Crippen LogP) is 3.92. The van der Waals surface area contributed by atoms with E-state index < -0.39 is 0 Å². The molecule has 0 aliphatic heterocycles. The molecule has 2 aromatic carbocycles. The number of rotatable bonds is 3. The number of hydrogen-bond donors (Lipinski definition) is 0. The van der Waals surface area contributed by atoms with Crippen LogP contribution in [0.5, 0.6) is 5.75 Å². The molecular formula is C15H16O. The van der Waals surface area contributed by atoms with Gasteiger partial charge in [-0.15, -0.1) is 0 Å². The van der Waals surface area contributed by atoms with Crippen molar-refractivity contribution < 1.29 is 4.74 Å². The molecule has 0 saturated heterocycles. The number of ether oxygens (including phenoxy) is 1. The Morgan fingerprint density at radius 3 is 2.56 bits per heavy atom. The molecular weight excluding hydrogens is 196 g/mol. The molecule has 16 heavy (non-hydrogen) atoms. The van der Waals surface area contributed by atoms with Crippen molar-refractivity contribution in [2.45, 2.75) is 13.3 Å². The first-order chi connectivity index (χ1) is 7.85. The minimum atomic E-state index is 0.927. The summed E-state index contributed by atoms with van der Waals surface area (Å²) in [5.74, 6) is 0.927. The Bertz CT molecular complexity index is 474. The van der Waals surface area contributed by atoms with Gasteiger partial charge in [0.15, 0.2) is 0 Å². The number of benzene rings is 2. The first-order valence-corrected chi connectivity index (χ1v) is 5.57. The van der Waals surface area contributed by atoms with E-state index in [9.17, 15) is 0 Å². The summed E-state index contributed by atoms with van der Waals surface area (Å²) in [5.41, 5.74) is 3.72. The van der Waals surface area contributed by atoms with Gasteiger partial charge >= 0.3 is 0 Å². The standard InChI is InChI=1S/C15H16O/c1-3-12-7-6-8-13(11-12)14-9-4-5-10-15(14)16-2/h4-11H,3H2,1-2H3. The average Bonchev–Trinajstić information content (AvgIpc) is 2.38. The van der Waals surface area contributed by atoms with E-state index in [2.05, 4.69) is 37.3 Å². The van der Waals surface area contributed by atoms with Crippen LogP contribution < -0.4 is 4.74 Å². The van der Waals surface area contributed by atoms with Crippen molar-refractivity contribution in [2.75, 3.05) is 7.11 Å². The molecule has 0 aliphatic carbocycles. The van der Waals surface area contributed by atoms with Crippen molar-refractivity contribution in [2.24, 2.45) is 0 Å². The monoisotopic (exact) mass is 212 g/mol. The van der Waals surface area contributed by atoms with Crippen molar-refractivity contribution in [1.82, 2.24) is 0 Å². The SMILES string of the molecule is CCc1cccc(-c2ccccc2OC)c1. The maximum atomic E-state index is 5.37. The van der Waals surface area contributed by atoms with Crippen LogP contribution in [-0.4, -0.2) is 7.11 Å². The van der Waals surface area contributed by atoms with Crippen LogP contribution in [0.4, 0.5) is 0 Å². The summed E-state index contributed by atoms with van der Waals surface area (Å²) in [4.78, 5) is 0. The zero-order valence-corrected chi connectivity index (χ0v) is 9.73. The Morgan fingerprint density at radius 1 is 1.00 bits per heavy atom. The number of hydrogen-bond acceptors (Lipinski definition) is 1. The van der Waals surface area contributed by atoms with Crippen molar-refractivity contribution in [3.05, 3.63) is 54.1 Å². The van der Waals surface area contributed by atoms with Gasteiger partial charge in [-0.25, -0.2) is 0 Å². The first-order valence-electron chi connectivity index (χ1n) is 5.57. The summed E-state index contributed by atoms with van der Waals surface area (Å²) in [6.07, 6.45) is 1.06. The van der Waals surface area contributed by atoms with Gasteiger partial charge in [0.2, 0.25) is 0 Å². The van der Waals surface area contributed by atoms with Crippen molar-refractivity contribution >= 4 is 0 Å². The largest absolute Gasteiger partial charge is 0.496 e. The van der Waals surface area contributed by atoms with Crippen LogP contribution in [0.2, 0.25) is 0 Å². The van der Waals surface area contributed by atoms with E-state index in [-0.39, 0.29) is 0 Å².